The molecular formula is C19H18N2O4S. The number of thiocarbonyl (C=S) groups is 1. The fourth-order valence-corrected chi connectivity index (χ4v) is 2.50. The number of hydrogen-bond acceptors (Lipinski definition) is 6. The summed E-state index contributed by atoms with van der Waals surface area (Å²) in [5, 5.41) is 50.6. The Labute approximate surface area is 156 Å². The second-order valence-corrected chi connectivity index (χ2v) is 5.99. The van der Waals surface area contributed by atoms with E-state index in [0.717, 1.165) is 0 Å². The van der Waals surface area contributed by atoms with E-state index in [0.29, 0.717) is 23.1 Å². The standard InChI is InChI=1S/C19H18N2O4S/c1-2-13-5-12(8-17(24)18(13)25)6-14(9-20)19(26)21-10-11-3-4-15(22)16(23)7-11/h3-8,22-25H,2,10H2,1H3,(H,21,26)/b14-6+. The largest absolute Gasteiger partial charge is 0.504 e. The summed E-state index contributed by atoms with van der Waals surface area (Å²) in [7, 11) is 0. The van der Waals surface area contributed by atoms with Gasteiger partial charge in [0.15, 0.2) is 23.0 Å². The Morgan fingerprint density at radius 3 is 2.46 bits per heavy atom. The molecule has 0 aliphatic carbocycles. The third-order valence-electron chi connectivity index (χ3n) is 3.74. The van der Waals surface area contributed by atoms with Crippen molar-refractivity contribution in [1.29, 1.82) is 5.26 Å². The molecule has 0 amide bonds. The van der Waals surface area contributed by atoms with E-state index in [4.69, 9.17) is 12.2 Å². The number of phenolic OH excluding ortho intramolecular Hbond substituents is 4. The SMILES string of the molecule is CCc1cc(/C=C(\C#N)C(=S)NCc2ccc(O)c(O)c2)cc(O)c1O. The van der Waals surface area contributed by atoms with Gasteiger partial charge in [0, 0.05) is 6.54 Å². The number of nitrogens with one attached hydrogen (secondary N) is 1. The fourth-order valence-electron chi connectivity index (χ4n) is 2.33. The van der Waals surface area contributed by atoms with Crippen LogP contribution >= 0.6 is 12.2 Å². The topological polar surface area (TPSA) is 117 Å². The van der Waals surface area contributed by atoms with Crippen molar-refractivity contribution < 1.29 is 20.4 Å². The molecule has 0 aliphatic heterocycles. The molecule has 2 aromatic carbocycles. The predicted molar refractivity (Wildman–Crippen MR) is 102 cm³/mol. The number of aryl methyl sites for hydroxylation is 1. The lowest BCUT2D eigenvalue weighted by molar-refractivity contribution is 0.399. The van der Waals surface area contributed by atoms with Crippen molar-refractivity contribution in [3.05, 3.63) is 52.6 Å². The molecule has 2 rings (SSSR count). The van der Waals surface area contributed by atoms with Gasteiger partial charge in [-0.1, -0.05) is 25.2 Å². The Balaban J connectivity index is 2.18. The van der Waals surface area contributed by atoms with Crippen LogP contribution in [-0.4, -0.2) is 25.4 Å². The van der Waals surface area contributed by atoms with Crippen LogP contribution in [-0.2, 0) is 13.0 Å². The number of hydrogen-bond donors (Lipinski definition) is 5. The van der Waals surface area contributed by atoms with E-state index in [2.05, 4.69) is 5.32 Å². The zero-order chi connectivity index (χ0) is 19.3. The summed E-state index contributed by atoms with van der Waals surface area (Å²) < 4.78 is 0. The molecule has 0 radical (unpaired) electrons. The van der Waals surface area contributed by atoms with E-state index >= 15 is 0 Å². The minimum absolute atomic E-state index is 0.170. The lowest BCUT2D eigenvalue weighted by Gasteiger charge is -2.09. The van der Waals surface area contributed by atoms with Crippen molar-refractivity contribution in [3.63, 3.8) is 0 Å². The zero-order valence-corrected chi connectivity index (χ0v) is 14.8. The molecule has 0 unspecified atom stereocenters. The van der Waals surface area contributed by atoms with Crippen LogP contribution in [0.1, 0.15) is 23.6 Å². The maximum atomic E-state index is 9.78. The Morgan fingerprint density at radius 1 is 1.12 bits per heavy atom. The molecule has 0 atom stereocenters. The molecule has 0 saturated heterocycles. The van der Waals surface area contributed by atoms with Crippen LogP contribution in [0, 0.1) is 11.3 Å². The van der Waals surface area contributed by atoms with E-state index in [1.54, 1.807) is 12.1 Å². The normalized spacial score (nSPS) is 11.0. The summed E-state index contributed by atoms with van der Waals surface area (Å²) >= 11 is 5.23. The average molecular weight is 370 g/mol. The molecule has 6 nitrogen and oxygen atoms in total. The number of nitriles is 1. The van der Waals surface area contributed by atoms with Gasteiger partial charge in [-0.15, -0.1) is 0 Å². The van der Waals surface area contributed by atoms with Crippen LogP contribution in [0.15, 0.2) is 35.9 Å². The highest BCUT2D eigenvalue weighted by molar-refractivity contribution is 7.80. The third kappa shape index (κ3) is 4.43. The second kappa shape index (κ2) is 8.23. The third-order valence-corrected chi connectivity index (χ3v) is 4.11. The van der Waals surface area contributed by atoms with Crippen molar-refractivity contribution in [3.8, 4) is 29.1 Å². The highest BCUT2D eigenvalue weighted by Gasteiger charge is 2.10. The highest BCUT2D eigenvalue weighted by Crippen LogP contribution is 2.31. The van der Waals surface area contributed by atoms with Gasteiger partial charge < -0.3 is 25.7 Å². The van der Waals surface area contributed by atoms with Gasteiger partial charge in [0.2, 0.25) is 0 Å². The molecule has 0 spiro atoms. The Bertz CT molecular complexity index is 916. The van der Waals surface area contributed by atoms with Gasteiger partial charge in [0.25, 0.3) is 0 Å². The molecule has 134 valence electrons. The van der Waals surface area contributed by atoms with Gasteiger partial charge in [-0.05, 0) is 53.5 Å². The smallest absolute Gasteiger partial charge is 0.160 e. The lowest BCUT2D eigenvalue weighted by atomic mass is 10.0. The van der Waals surface area contributed by atoms with Crippen molar-refractivity contribution >= 4 is 23.3 Å². The summed E-state index contributed by atoms with van der Waals surface area (Å²) in [6.45, 7) is 2.10. The van der Waals surface area contributed by atoms with Gasteiger partial charge in [0.1, 0.15) is 11.1 Å². The molecule has 0 aliphatic rings. The van der Waals surface area contributed by atoms with Gasteiger partial charge >= 0.3 is 0 Å². The first-order valence-electron chi connectivity index (χ1n) is 7.81. The maximum absolute atomic E-state index is 9.78. The quantitative estimate of drug-likeness (QED) is 0.238. The van der Waals surface area contributed by atoms with E-state index in [1.807, 2.05) is 13.0 Å². The number of aromatic hydroxyl groups is 4. The Morgan fingerprint density at radius 2 is 1.85 bits per heavy atom. The summed E-state index contributed by atoms with van der Waals surface area (Å²) in [5.74, 6) is -0.881. The van der Waals surface area contributed by atoms with E-state index in [-0.39, 0.29) is 40.1 Å². The van der Waals surface area contributed by atoms with Gasteiger partial charge in [0.05, 0.1) is 5.57 Å². The van der Waals surface area contributed by atoms with Crippen molar-refractivity contribution in [1.82, 2.24) is 5.32 Å². The summed E-state index contributed by atoms with van der Waals surface area (Å²) in [6, 6.07) is 9.40. The Kier molecular flexibility index (Phi) is 6.04. The molecule has 0 bridgehead atoms. The molecule has 2 aromatic rings. The Hall–Kier alpha value is -3.24. The number of rotatable bonds is 5. The van der Waals surface area contributed by atoms with Crippen LogP contribution in [0.4, 0.5) is 0 Å². The molecule has 0 saturated carbocycles. The first-order chi connectivity index (χ1) is 12.3. The van der Waals surface area contributed by atoms with Gasteiger partial charge in [-0.3, -0.25) is 0 Å². The van der Waals surface area contributed by atoms with Crippen LogP contribution in [0.2, 0.25) is 0 Å². The molecular weight excluding hydrogens is 352 g/mol. The minimum Gasteiger partial charge on any atom is -0.504 e. The van der Waals surface area contributed by atoms with E-state index < -0.39 is 0 Å². The fraction of sp³-hybridized carbons (Fsp3) is 0.158. The summed E-state index contributed by atoms with van der Waals surface area (Å²) in [5.41, 5.74) is 1.97. The first-order valence-corrected chi connectivity index (χ1v) is 8.22. The molecule has 26 heavy (non-hydrogen) atoms. The number of nitrogens with zero attached hydrogens (tertiary/aromatic N) is 1. The average Bonchev–Trinajstić information content (AvgIpc) is 2.63. The van der Waals surface area contributed by atoms with Crippen molar-refractivity contribution in [2.75, 3.05) is 0 Å². The van der Waals surface area contributed by atoms with Crippen LogP contribution < -0.4 is 5.32 Å². The number of phenols is 4. The lowest BCUT2D eigenvalue weighted by Crippen LogP contribution is -2.22. The second-order valence-electron chi connectivity index (χ2n) is 5.58. The van der Waals surface area contributed by atoms with Gasteiger partial charge in [-0.2, -0.15) is 5.26 Å². The zero-order valence-electron chi connectivity index (χ0n) is 14.0. The van der Waals surface area contributed by atoms with Crippen LogP contribution in [0.25, 0.3) is 6.08 Å². The van der Waals surface area contributed by atoms with E-state index in [9.17, 15) is 25.7 Å². The highest BCUT2D eigenvalue weighted by atomic mass is 32.1. The molecule has 0 fully saturated rings. The molecule has 0 heterocycles. The van der Waals surface area contributed by atoms with Gasteiger partial charge in [-0.25, -0.2) is 0 Å². The molecule has 7 heteroatoms. The summed E-state index contributed by atoms with van der Waals surface area (Å²) in [6.07, 6.45) is 2.04. The molecule has 5 N–H and O–H groups in total. The van der Waals surface area contributed by atoms with E-state index in [1.165, 1.54) is 24.3 Å². The van der Waals surface area contributed by atoms with Crippen molar-refractivity contribution in [2.24, 2.45) is 0 Å². The maximum Gasteiger partial charge on any atom is 0.160 e. The minimum atomic E-state index is -0.258. The first kappa shape index (κ1) is 19.1. The van der Waals surface area contributed by atoms with Crippen molar-refractivity contribution in [2.45, 2.75) is 19.9 Å². The monoisotopic (exact) mass is 370 g/mol. The number of benzene rings is 2. The predicted octanol–water partition coefficient (Wildman–Crippen LogP) is 3.10. The molecule has 0 aromatic heterocycles. The van der Waals surface area contributed by atoms with Crippen LogP contribution in [0.5, 0.6) is 23.0 Å². The summed E-state index contributed by atoms with van der Waals surface area (Å²) in [4.78, 5) is 0.200. The van der Waals surface area contributed by atoms with Crippen LogP contribution in [0.3, 0.4) is 0 Å².